The zero-order valence-electron chi connectivity index (χ0n) is 24.2. The molecule has 1 aliphatic carbocycles. The number of nitrogens with one attached hydrogen (secondary N) is 1. The number of hydrogen-bond donors (Lipinski definition) is 1. The minimum atomic E-state index is -0.197. The Labute approximate surface area is 236 Å². The van der Waals surface area contributed by atoms with Crippen molar-refractivity contribution >= 4 is 28.5 Å². The van der Waals surface area contributed by atoms with Crippen molar-refractivity contribution in [3.8, 4) is 0 Å². The Kier molecular flexibility index (Phi) is 5.54. The van der Waals surface area contributed by atoms with Crippen LogP contribution in [-0.2, 0) is 11.3 Å². The minimum absolute atomic E-state index is 0.0346. The van der Waals surface area contributed by atoms with E-state index in [0.29, 0.717) is 12.3 Å². The van der Waals surface area contributed by atoms with Crippen LogP contribution in [0, 0.1) is 5.41 Å². The van der Waals surface area contributed by atoms with Gasteiger partial charge in [0.05, 0.1) is 17.1 Å². The average molecular weight is 531 g/mol. The zero-order chi connectivity index (χ0) is 27.8. The summed E-state index contributed by atoms with van der Waals surface area (Å²) < 4.78 is 2.26. The number of aromatic nitrogens is 2. The van der Waals surface area contributed by atoms with Crippen molar-refractivity contribution in [2.75, 3.05) is 10.2 Å². The first-order chi connectivity index (χ1) is 19.1. The highest BCUT2D eigenvalue weighted by Gasteiger charge is 2.43. The number of allylic oxidation sites excluding steroid dienone is 2. The Hall–Kier alpha value is -3.86. The predicted octanol–water partition coefficient (Wildman–Crippen LogP) is 7.99. The van der Waals surface area contributed by atoms with Crippen LogP contribution in [0.5, 0.6) is 0 Å². The van der Waals surface area contributed by atoms with Gasteiger partial charge >= 0.3 is 0 Å². The van der Waals surface area contributed by atoms with Crippen LogP contribution in [0.15, 0.2) is 84.1 Å². The second-order valence-electron chi connectivity index (χ2n) is 13.5. The number of para-hydroxylation sites is 2. The summed E-state index contributed by atoms with van der Waals surface area (Å²) in [6.07, 6.45) is 2.48. The Balaban J connectivity index is 1.40. The van der Waals surface area contributed by atoms with Gasteiger partial charge in [-0.25, -0.2) is 4.98 Å². The highest BCUT2D eigenvalue weighted by molar-refractivity contribution is 6.01. The molecule has 0 saturated carbocycles. The highest BCUT2D eigenvalue weighted by atomic mass is 16.1. The second kappa shape index (κ2) is 8.82. The number of carbonyl (C=O) groups is 1. The van der Waals surface area contributed by atoms with E-state index in [0.717, 1.165) is 53.2 Å². The molecule has 3 heterocycles. The normalized spacial score (nSPS) is 22.9. The highest BCUT2D eigenvalue weighted by Crippen LogP contribution is 2.50. The SMILES string of the molecule is CC1CC(C)(C)N(Cc2ccccc2)c2ccc(C3C4=C(CC(C)(C)CC4=O)Nc4nc5ccccc5n43)cc21. The first-order valence-corrected chi connectivity index (χ1v) is 14.6. The molecule has 0 radical (unpaired) electrons. The van der Waals surface area contributed by atoms with Gasteiger partial charge in [-0.2, -0.15) is 0 Å². The lowest BCUT2D eigenvalue weighted by molar-refractivity contribution is -0.118. The molecule has 1 aromatic heterocycles. The van der Waals surface area contributed by atoms with Crippen molar-refractivity contribution in [2.45, 2.75) is 77.9 Å². The van der Waals surface area contributed by atoms with Crippen LogP contribution in [0.3, 0.4) is 0 Å². The summed E-state index contributed by atoms with van der Waals surface area (Å²) in [6, 6.07) is 25.8. The van der Waals surface area contributed by atoms with Gasteiger partial charge in [-0.05, 0) is 72.9 Å². The van der Waals surface area contributed by atoms with Crippen molar-refractivity contribution < 1.29 is 4.79 Å². The van der Waals surface area contributed by atoms with Gasteiger partial charge in [-0.15, -0.1) is 0 Å². The molecule has 40 heavy (non-hydrogen) atoms. The predicted molar refractivity (Wildman–Crippen MR) is 163 cm³/mol. The number of imidazole rings is 1. The van der Waals surface area contributed by atoms with Crippen molar-refractivity contribution in [2.24, 2.45) is 5.41 Å². The van der Waals surface area contributed by atoms with Gasteiger partial charge in [0.2, 0.25) is 5.95 Å². The molecule has 5 nitrogen and oxygen atoms in total. The van der Waals surface area contributed by atoms with Crippen molar-refractivity contribution in [3.63, 3.8) is 0 Å². The van der Waals surface area contributed by atoms with E-state index < -0.39 is 0 Å². The number of nitrogens with zero attached hydrogens (tertiary/aromatic N) is 3. The van der Waals surface area contributed by atoms with E-state index in [4.69, 9.17) is 4.98 Å². The van der Waals surface area contributed by atoms with Gasteiger partial charge in [-0.3, -0.25) is 9.36 Å². The van der Waals surface area contributed by atoms with Crippen molar-refractivity contribution in [1.29, 1.82) is 0 Å². The summed E-state index contributed by atoms with van der Waals surface area (Å²) in [7, 11) is 0. The monoisotopic (exact) mass is 530 g/mol. The first-order valence-electron chi connectivity index (χ1n) is 14.6. The summed E-state index contributed by atoms with van der Waals surface area (Å²) in [5.41, 5.74) is 9.04. The van der Waals surface area contributed by atoms with Gasteiger partial charge in [0.1, 0.15) is 0 Å². The van der Waals surface area contributed by atoms with Crippen LogP contribution in [0.1, 0.15) is 82.5 Å². The Morgan fingerprint density at radius 2 is 1.70 bits per heavy atom. The van der Waals surface area contributed by atoms with Crippen molar-refractivity contribution in [3.05, 3.63) is 101 Å². The summed E-state index contributed by atoms with van der Waals surface area (Å²) >= 11 is 0. The summed E-state index contributed by atoms with van der Waals surface area (Å²) in [4.78, 5) is 21.4. The fourth-order valence-electron chi connectivity index (χ4n) is 7.48. The molecule has 2 unspecified atom stereocenters. The number of benzene rings is 3. The Morgan fingerprint density at radius 3 is 2.50 bits per heavy atom. The molecule has 1 N–H and O–H groups in total. The van der Waals surface area contributed by atoms with E-state index in [1.54, 1.807) is 0 Å². The maximum atomic E-state index is 13.8. The molecular formula is C35H38N4O. The third kappa shape index (κ3) is 3.97. The molecular weight excluding hydrogens is 492 g/mol. The van der Waals surface area contributed by atoms with Crippen molar-refractivity contribution in [1.82, 2.24) is 9.55 Å². The smallest absolute Gasteiger partial charge is 0.209 e. The lowest BCUT2D eigenvalue weighted by atomic mass is 9.72. The molecule has 2 atom stereocenters. The van der Waals surface area contributed by atoms with Crippen LogP contribution >= 0.6 is 0 Å². The molecule has 5 heteroatoms. The molecule has 0 fully saturated rings. The quantitative estimate of drug-likeness (QED) is 0.292. The standard InChI is InChI=1S/C35H38N4O/c1-22-18-35(4,5)38(21-23-11-7-6-8-12-23)28-16-15-24(17-25(22)28)32-31-27(19-34(2,3)20-30(31)40)37-33-36-26-13-9-10-14-29(26)39(32)33/h6-17,22,32H,18-21H2,1-5H3,(H,36,37). The van der Waals surface area contributed by atoms with Gasteiger partial charge < -0.3 is 10.2 Å². The van der Waals surface area contributed by atoms with E-state index in [1.807, 2.05) is 6.07 Å². The van der Waals surface area contributed by atoms with Crippen LogP contribution < -0.4 is 10.2 Å². The van der Waals surface area contributed by atoms with E-state index in [2.05, 4.69) is 116 Å². The second-order valence-corrected chi connectivity index (χ2v) is 13.5. The van der Waals surface area contributed by atoms with E-state index in [-0.39, 0.29) is 22.8 Å². The molecule has 0 spiro atoms. The summed E-state index contributed by atoms with van der Waals surface area (Å²) in [5, 5.41) is 3.59. The van der Waals surface area contributed by atoms with Gasteiger partial charge in [0.15, 0.2) is 5.78 Å². The third-order valence-corrected chi connectivity index (χ3v) is 9.22. The molecule has 204 valence electrons. The maximum Gasteiger partial charge on any atom is 0.209 e. The molecule has 7 rings (SSSR count). The summed E-state index contributed by atoms with van der Waals surface area (Å²) in [5.74, 6) is 1.48. The van der Waals surface area contributed by atoms with Gasteiger partial charge in [0.25, 0.3) is 0 Å². The molecule has 3 aliphatic rings. The lowest BCUT2D eigenvalue weighted by Gasteiger charge is -2.48. The third-order valence-electron chi connectivity index (χ3n) is 9.22. The number of Topliss-reactive ketones (excluding diaryl/α,β-unsaturated/α-hetero) is 1. The molecule has 2 aliphatic heterocycles. The number of carbonyl (C=O) groups excluding carboxylic acids is 1. The number of rotatable bonds is 3. The molecule has 4 aromatic rings. The molecule has 0 amide bonds. The van der Waals surface area contributed by atoms with Crippen LogP contribution in [0.25, 0.3) is 11.0 Å². The van der Waals surface area contributed by atoms with E-state index in [9.17, 15) is 4.79 Å². The Bertz CT molecular complexity index is 1680. The number of anilines is 2. The summed E-state index contributed by atoms with van der Waals surface area (Å²) in [6.45, 7) is 12.3. The molecule has 0 saturated heterocycles. The Morgan fingerprint density at radius 1 is 0.950 bits per heavy atom. The molecule has 3 aromatic carbocycles. The lowest BCUT2D eigenvalue weighted by Crippen LogP contribution is -2.47. The zero-order valence-corrected chi connectivity index (χ0v) is 24.2. The van der Waals surface area contributed by atoms with Crippen LogP contribution in [0.2, 0.25) is 0 Å². The fourth-order valence-corrected chi connectivity index (χ4v) is 7.48. The van der Waals surface area contributed by atoms with Crippen LogP contribution in [0.4, 0.5) is 11.6 Å². The topological polar surface area (TPSA) is 50.2 Å². The molecule has 0 bridgehead atoms. The minimum Gasteiger partial charge on any atom is -0.362 e. The van der Waals surface area contributed by atoms with Gasteiger partial charge in [0, 0.05) is 35.5 Å². The number of hydrogen-bond acceptors (Lipinski definition) is 4. The van der Waals surface area contributed by atoms with E-state index in [1.165, 1.54) is 16.8 Å². The average Bonchev–Trinajstić information content (AvgIpc) is 3.27. The maximum absolute atomic E-state index is 13.8. The number of fused-ring (bicyclic) bond motifs is 4. The number of ketones is 1. The van der Waals surface area contributed by atoms with E-state index >= 15 is 0 Å². The fraction of sp³-hybridized carbons (Fsp3) is 0.371. The first kappa shape index (κ1) is 25.1. The van der Waals surface area contributed by atoms with Gasteiger partial charge in [-0.1, -0.05) is 75.4 Å². The van der Waals surface area contributed by atoms with Crippen LogP contribution in [-0.4, -0.2) is 20.9 Å². The largest absolute Gasteiger partial charge is 0.362 e.